The van der Waals surface area contributed by atoms with E-state index in [0.29, 0.717) is 41.2 Å². The molecule has 0 radical (unpaired) electrons. The zero-order valence-corrected chi connectivity index (χ0v) is 17.6. The Hall–Kier alpha value is -1.91. The number of hydrogen-bond acceptors (Lipinski definition) is 3. The molecule has 0 aliphatic carbocycles. The maximum Gasteiger partial charge on any atom is 0.166 e. The first kappa shape index (κ1) is 20.8. The molecule has 3 aromatic carbocycles. The summed E-state index contributed by atoms with van der Waals surface area (Å²) >= 11 is 18.3. The first-order chi connectivity index (χ1) is 13.6. The second kappa shape index (κ2) is 10.0. The summed E-state index contributed by atoms with van der Waals surface area (Å²) in [6.45, 7) is 1.62. The maximum atomic E-state index is 6.22. The Morgan fingerprint density at radius 1 is 0.786 bits per heavy atom. The van der Waals surface area contributed by atoms with E-state index in [1.807, 2.05) is 48.5 Å². The Morgan fingerprint density at radius 3 is 2.29 bits per heavy atom. The number of rotatable bonds is 8. The minimum absolute atomic E-state index is 0.356. The average molecular weight is 437 g/mol. The molecule has 6 heteroatoms. The van der Waals surface area contributed by atoms with Gasteiger partial charge in [-0.1, -0.05) is 71.2 Å². The molecule has 3 rings (SSSR count). The van der Waals surface area contributed by atoms with Crippen LogP contribution in [-0.4, -0.2) is 7.11 Å². The lowest BCUT2D eigenvalue weighted by molar-refractivity contribution is 0.280. The summed E-state index contributed by atoms with van der Waals surface area (Å²) in [7, 11) is 1.63. The fourth-order valence-corrected chi connectivity index (χ4v) is 3.31. The number of benzene rings is 3. The van der Waals surface area contributed by atoms with E-state index in [2.05, 4.69) is 5.32 Å². The minimum atomic E-state index is 0.356. The van der Waals surface area contributed by atoms with Gasteiger partial charge in [0.2, 0.25) is 0 Å². The van der Waals surface area contributed by atoms with E-state index in [-0.39, 0.29) is 0 Å². The van der Waals surface area contributed by atoms with Gasteiger partial charge in [0.25, 0.3) is 0 Å². The molecule has 3 nitrogen and oxygen atoms in total. The third kappa shape index (κ3) is 5.33. The summed E-state index contributed by atoms with van der Waals surface area (Å²) in [6, 6.07) is 19.1. The zero-order chi connectivity index (χ0) is 19.9. The molecule has 1 N–H and O–H groups in total. The van der Waals surface area contributed by atoms with E-state index in [0.717, 1.165) is 21.7 Å². The summed E-state index contributed by atoms with van der Waals surface area (Å²) in [4.78, 5) is 0. The largest absolute Gasteiger partial charge is 0.493 e. The predicted molar refractivity (Wildman–Crippen MR) is 116 cm³/mol. The molecule has 0 bridgehead atoms. The number of halogens is 3. The van der Waals surface area contributed by atoms with Crippen LogP contribution in [0.5, 0.6) is 11.5 Å². The highest BCUT2D eigenvalue weighted by atomic mass is 35.5. The van der Waals surface area contributed by atoms with Crippen LogP contribution in [0.1, 0.15) is 16.7 Å². The summed E-state index contributed by atoms with van der Waals surface area (Å²) in [5.41, 5.74) is 2.96. The van der Waals surface area contributed by atoms with Crippen LogP contribution in [0.15, 0.2) is 60.7 Å². The maximum absolute atomic E-state index is 6.22. The molecule has 0 unspecified atom stereocenters. The molecule has 0 heterocycles. The van der Waals surface area contributed by atoms with Crippen molar-refractivity contribution < 1.29 is 9.47 Å². The lowest BCUT2D eigenvalue weighted by atomic mass is 10.1. The van der Waals surface area contributed by atoms with Crippen LogP contribution < -0.4 is 14.8 Å². The standard InChI is InChI=1S/C22H20Cl3NO2/c1-27-21-8-4-6-17(13-26-12-16-5-2-3-7-18(16)23)22(21)28-14-15-9-10-19(24)20(25)11-15/h2-11,26H,12-14H2,1H3. The van der Waals surface area contributed by atoms with Crippen LogP contribution in [0.2, 0.25) is 15.1 Å². The molecule has 3 aromatic rings. The Labute approximate surface area is 180 Å². The van der Waals surface area contributed by atoms with Crippen molar-refractivity contribution in [2.24, 2.45) is 0 Å². The van der Waals surface area contributed by atoms with Gasteiger partial charge in [0.1, 0.15) is 6.61 Å². The smallest absolute Gasteiger partial charge is 0.166 e. The fraction of sp³-hybridized carbons (Fsp3) is 0.182. The van der Waals surface area contributed by atoms with Crippen LogP contribution in [0.3, 0.4) is 0 Å². The van der Waals surface area contributed by atoms with Crippen molar-refractivity contribution in [3.05, 3.63) is 92.4 Å². The number of hydrogen-bond donors (Lipinski definition) is 1. The van der Waals surface area contributed by atoms with Gasteiger partial charge in [0.15, 0.2) is 11.5 Å². The number of para-hydroxylation sites is 1. The van der Waals surface area contributed by atoms with E-state index < -0.39 is 0 Å². The van der Waals surface area contributed by atoms with Crippen molar-refractivity contribution in [1.29, 1.82) is 0 Å². The highest BCUT2D eigenvalue weighted by molar-refractivity contribution is 6.42. The third-order valence-corrected chi connectivity index (χ3v) is 5.34. The van der Waals surface area contributed by atoms with Gasteiger partial charge in [-0.15, -0.1) is 0 Å². The van der Waals surface area contributed by atoms with E-state index in [4.69, 9.17) is 44.3 Å². The fourth-order valence-electron chi connectivity index (χ4n) is 2.78. The van der Waals surface area contributed by atoms with Gasteiger partial charge in [0.05, 0.1) is 17.2 Å². The van der Waals surface area contributed by atoms with Crippen LogP contribution >= 0.6 is 34.8 Å². The molecular formula is C22H20Cl3NO2. The van der Waals surface area contributed by atoms with Crippen molar-refractivity contribution in [2.75, 3.05) is 7.11 Å². The number of ether oxygens (including phenoxy) is 2. The van der Waals surface area contributed by atoms with Crippen molar-refractivity contribution >= 4 is 34.8 Å². The van der Waals surface area contributed by atoms with Gasteiger partial charge in [-0.25, -0.2) is 0 Å². The van der Waals surface area contributed by atoms with Gasteiger partial charge in [-0.3, -0.25) is 0 Å². The molecule has 0 atom stereocenters. The average Bonchev–Trinajstić information content (AvgIpc) is 2.70. The van der Waals surface area contributed by atoms with E-state index in [1.165, 1.54) is 0 Å². The molecule has 28 heavy (non-hydrogen) atoms. The number of nitrogens with one attached hydrogen (secondary N) is 1. The van der Waals surface area contributed by atoms with Gasteiger partial charge in [0, 0.05) is 23.7 Å². The first-order valence-corrected chi connectivity index (χ1v) is 9.88. The van der Waals surface area contributed by atoms with Gasteiger partial charge in [-0.2, -0.15) is 0 Å². The Balaban J connectivity index is 1.71. The topological polar surface area (TPSA) is 30.5 Å². The Morgan fingerprint density at radius 2 is 1.54 bits per heavy atom. The van der Waals surface area contributed by atoms with Crippen molar-refractivity contribution in [3.8, 4) is 11.5 Å². The van der Waals surface area contributed by atoms with Gasteiger partial charge in [-0.05, 0) is 35.4 Å². The van der Waals surface area contributed by atoms with Gasteiger partial charge >= 0.3 is 0 Å². The van der Waals surface area contributed by atoms with Crippen molar-refractivity contribution in [1.82, 2.24) is 5.32 Å². The molecular weight excluding hydrogens is 417 g/mol. The molecule has 0 fully saturated rings. The molecule has 0 aliphatic rings. The normalized spacial score (nSPS) is 10.7. The first-order valence-electron chi connectivity index (χ1n) is 8.75. The molecule has 0 aliphatic heterocycles. The molecule has 0 aromatic heterocycles. The number of methoxy groups -OCH3 is 1. The quantitative estimate of drug-likeness (QED) is 0.436. The molecule has 0 amide bonds. The highest BCUT2D eigenvalue weighted by Crippen LogP contribution is 2.32. The zero-order valence-electron chi connectivity index (χ0n) is 15.3. The lowest BCUT2D eigenvalue weighted by Gasteiger charge is -2.16. The summed E-state index contributed by atoms with van der Waals surface area (Å²) < 4.78 is 11.6. The van der Waals surface area contributed by atoms with Crippen molar-refractivity contribution in [3.63, 3.8) is 0 Å². The predicted octanol–water partition coefficient (Wildman–Crippen LogP) is 6.52. The molecule has 146 valence electrons. The monoisotopic (exact) mass is 435 g/mol. The SMILES string of the molecule is COc1cccc(CNCc2ccccc2Cl)c1OCc1ccc(Cl)c(Cl)c1. The Bertz CT molecular complexity index is 947. The van der Waals surface area contributed by atoms with Crippen LogP contribution in [0.4, 0.5) is 0 Å². The molecule has 0 saturated carbocycles. The van der Waals surface area contributed by atoms with E-state index in [9.17, 15) is 0 Å². The second-order valence-corrected chi connectivity index (χ2v) is 7.40. The molecule has 0 spiro atoms. The molecule has 0 saturated heterocycles. The van der Waals surface area contributed by atoms with E-state index >= 15 is 0 Å². The minimum Gasteiger partial charge on any atom is -0.493 e. The second-order valence-electron chi connectivity index (χ2n) is 6.18. The van der Waals surface area contributed by atoms with E-state index in [1.54, 1.807) is 19.2 Å². The summed E-state index contributed by atoms with van der Waals surface area (Å²) in [5.74, 6) is 1.37. The summed E-state index contributed by atoms with van der Waals surface area (Å²) in [6.07, 6.45) is 0. The Kier molecular flexibility index (Phi) is 7.46. The third-order valence-electron chi connectivity index (χ3n) is 4.24. The van der Waals surface area contributed by atoms with Crippen LogP contribution in [0.25, 0.3) is 0 Å². The summed E-state index contributed by atoms with van der Waals surface area (Å²) in [5, 5.41) is 5.18. The lowest BCUT2D eigenvalue weighted by Crippen LogP contribution is -2.14. The van der Waals surface area contributed by atoms with Gasteiger partial charge < -0.3 is 14.8 Å². The highest BCUT2D eigenvalue weighted by Gasteiger charge is 2.12. The van der Waals surface area contributed by atoms with Crippen LogP contribution in [0, 0.1) is 0 Å². The van der Waals surface area contributed by atoms with Crippen molar-refractivity contribution in [2.45, 2.75) is 19.7 Å². The van der Waals surface area contributed by atoms with Crippen LogP contribution in [-0.2, 0) is 19.7 Å².